The number of amides is 1. The van der Waals surface area contributed by atoms with Gasteiger partial charge in [-0.05, 0) is 18.1 Å². The van der Waals surface area contributed by atoms with Crippen LogP contribution in [0.3, 0.4) is 0 Å². The summed E-state index contributed by atoms with van der Waals surface area (Å²) in [5.74, 6) is 0.269. The molecule has 23 heavy (non-hydrogen) atoms. The summed E-state index contributed by atoms with van der Waals surface area (Å²) in [6.45, 7) is 0.280. The maximum Gasteiger partial charge on any atom is 0.243 e. The number of hydrogen-bond donors (Lipinski definition) is 2. The van der Waals surface area contributed by atoms with Gasteiger partial charge in [0.1, 0.15) is 6.54 Å². The molecule has 2 N–H and O–H groups in total. The highest BCUT2D eigenvalue weighted by Gasteiger charge is 2.29. The van der Waals surface area contributed by atoms with Crippen molar-refractivity contribution >= 4 is 5.91 Å². The van der Waals surface area contributed by atoms with E-state index in [2.05, 4.69) is 20.7 Å². The summed E-state index contributed by atoms with van der Waals surface area (Å²) in [4.78, 5) is 13.3. The predicted octanol–water partition coefficient (Wildman–Crippen LogP) is 1.15. The quantitative estimate of drug-likeness (QED) is 0.863. The van der Waals surface area contributed by atoms with E-state index in [-0.39, 0.29) is 19.0 Å². The largest absolute Gasteiger partial charge is 0.388 e. The molecule has 2 aromatic rings. The smallest absolute Gasteiger partial charge is 0.243 e. The van der Waals surface area contributed by atoms with Crippen molar-refractivity contribution in [3.63, 3.8) is 0 Å². The summed E-state index contributed by atoms with van der Waals surface area (Å²) < 4.78 is 0. The summed E-state index contributed by atoms with van der Waals surface area (Å²) in [6, 6.07) is 9.48. The van der Waals surface area contributed by atoms with Crippen molar-refractivity contribution in [2.45, 2.75) is 44.2 Å². The molecular weight excluding hydrogens is 294 g/mol. The van der Waals surface area contributed by atoms with Crippen LogP contribution in [0.15, 0.2) is 30.3 Å². The zero-order valence-electron chi connectivity index (χ0n) is 13.0. The fourth-order valence-electron chi connectivity index (χ4n) is 2.85. The fraction of sp³-hybridized carbons (Fsp3) is 0.500. The number of carbonyl (C=O) groups is 1. The molecule has 0 aliphatic heterocycles. The van der Waals surface area contributed by atoms with Gasteiger partial charge in [0.2, 0.25) is 11.7 Å². The van der Waals surface area contributed by atoms with Gasteiger partial charge in [0.15, 0.2) is 0 Å². The minimum atomic E-state index is -0.765. The number of benzene rings is 1. The number of hydrogen-bond acceptors (Lipinski definition) is 5. The topological polar surface area (TPSA) is 92.9 Å². The second-order valence-corrected chi connectivity index (χ2v) is 6.07. The molecule has 1 aliphatic carbocycles. The van der Waals surface area contributed by atoms with Crippen LogP contribution in [-0.4, -0.2) is 43.4 Å². The molecule has 1 saturated carbocycles. The minimum absolute atomic E-state index is 0.00405. The van der Waals surface area contributed by atoms with Gasteiger partial charge in [-0.2, -0.15) is 4.80 Å². The Kier molecular flexibility index (Phi) is 4.66. The maximum atomic E-state index is 12.0. The van der Waals surface area contributed by atoms with E-state index in [0.717, 1.165) is 37.7 Å². The standard InChI is InChI=1S/C16H21N5O2/c22-14(17-12-16(23)9-5-2-6-10-16)11-21-19-15(18-20-21)13-7-3-1-4-8-13/h1,3-4,7-8,23H,2,5-6,9-12H2,(H,17,22). The van der Waals surface area contributed by atoms with Crippen molar-refractivity contribution < 1.29 is 9.90 Å². The Morgan fingerprint density at radius 1 is 1.22 bits per heavy atom. The second-order valence-electron chi connectivity index (χ2n) is 6.07. The van der Waals surface area contributed by atoms with Gasteiger partial charge in [-0.1, -0.05) is 49.6 Å². The molecule has 7 heteroatoms. The van der Waals surface area contributed by atoms with Gasteiger partial charge in [0.05, 0.1) is 5.60 Å². The normalized spacial score (nSPS) is 16.9. The summed E-state index contributed by atoms with van der Waals surface area (Å²) in [5, 5.41) is 25.2. The molecule has 0 spiro atoms. The summed E-state index contributed by atoms with van der Waals surface area (Å²) in [5.41, 5.74) is 0.0921. The first-order valence-electron chi connectivity index (χ1n) is 7.97. The van der Waals surface area contributed by atoms with Crippen LogP contribution in [0.1, 0.15) is 32.1 Å². The molecule has 0 radical (unpaired) electrons. The lowest BCUT2D eigenvalue weighted by Gasteiger charge is -2.32. The molecule has 7 nitrogen and oxygen atoms in total. The van der Waals surface area contributed by atoms with E-state index in [0.29, 0.717) is 5.82 Å². The molecule has 1 aromatic carbocycles. The first-order chi connectivity index (χ1) is 11.1. The van der Waals surface area contributed by atoms with E-state index in [1.807, 2.05) is 30.3 Å². The van der Waals surface area contributed by atoms with Crippen LogP contribution in [-0.2, 0) is 11.3 Å². The second kappa shape index (κ2) is 6.87. The summed E-state index contributed by atoms with van der Waals surface area (Å²) >= 11 is 0. The highest BCUT2D eigenvalue weighted by atomic mass is 16.3. The van der Waals surface area contributed by atoms with E-state index in [1.165, 1.54) is 4.80 Å². The molecule has 1 aromatic heterocycles. The molecule has 3 rings (SSSR count). The van der Waals surface area contributed by atoms with Gasteiger partial charge in [-0.15, -0.1) is 10.2 Å². The average molecular weight is 315 g/mol. The number of nitrogens with zero attached hydrogens (tertiary/aromatic N) is 4. The third-order valence-corrected chi connectivity index (χ3v) is 4.17. The molecule has 0 atom stereocenters. The van der Waals surface area contributed by atoms with Gasteiger partial charge >= 0.3 is 0 Å². The molecular formula is C16H21N5O2. The van der Waals surface area contributed by atoms with Gasteiger partial charge in [0.25, 0.3) is 0 Å². The summed E-state index contributed by atoms with van der Waals surface area (Å²) in [6.07, 6.45) is 4.66. The van der Waals surface area contributed by atoms with Crippen molar-refractivity contribution in [2.24, 2.45) is 0 Å². The number of aromatic nitrogens is 4. The Labute approximate surface area is 134 Å². The molecule has 122 valence electrons. The highest BCUT2D eigenvalue weighted by Crippen LogP contribution is 2.27. The number of nitrogens with one attached hydrogen (secondary N) is 1. The van der Waals surface area contributed by atoms with Crippen LogP contribution in [0.2, 0.25) is 0 Å². The third kappa shape index (κ3) is 4.13. The van der Waals surface area contributed by atoms with Gasteiger partial charge in [-0.25, -0.2) is 0 Å². The van der Waals surface area contributed by atoms with Crippen molar-refractivity contribution in [3.8, 4) is 11.4 Å². The fourth-order valence-corrected chi connectivity index (χ4v) is 2.85. The van der Waals surface area contributed by atoms with Crippen LogP contribution in [0.4, 0.5) is 0 Å². The van der Waals surface area contributed by atoms with Gasteiger partial charge < -0.3 is 10.4 Å². The number of carbonyl (C=O) groups excluding carboxylic acids is 1. The van der Waals surface area contributed by atoms with Crippen LogP contribution in [0.25, 0.3) is 11.4 Å². The van der Waals surface area contributed by atoms with Crippen LogP contribution >= 0.6 is 0 Å². The van der Waals surface area contributed by atoms with E-state index in [1.54, 1.807) is 0 Å². The Bertz CT molecular complexity index is 650. The SMILES string of the molecule is O=C(Cn1nnc(-c2ccccc2)n1)NCC1(O)CCCCC1. The van der Waals surface area contributed by atoms with Gasteiger partial charge in [0, 0.05) is 12.1 Å². The molecule has 1 heterocycles. The van der Waals surface area contributed by atoms with E-state index in [4.69, 9.17) is 0 Å². The lowest BCUT2D eigenvalue weighted by Crippen LogP contribution is -2.45. The molecule has 0 saturated heterocycles. The van der Waals surface area contributed by atoms with Crippen LogP contribution in [0.5, 0.6) is 0 Å². The Morgan fingerprint density at radius 3 is 2.70 bits per heavy atom. The number of tetrazole rings is 1. The zero-order valence-corrected chi connectivity index (χ0v) is 13.0. The highest BCUT2D eigenvalue weighted by molar-refractivity contribution is 5.75. The maximum absolute atomic E-state index is 12.0. The van der Waals surface area contributed by atoms with E-state index < -0.39 is 5.60 Å². The Balaban J connectivity index is 1.53. The third-order valence-electron chi connectivity index (χ3n) is 4.17. The number of aliphatic hydroxyl groups is 1. The van der Waals surface area contributed by atoms with Crippen LogP contribution in [0, 0.1) is 0 Å². The van der Waals surface area contributed by atoms with Crippen molar-refractivity contribution in [3.05, 3.63) is 30.3 Å². The summed E-state index contributed by atoms with van der Waals surface area (Å²) in [7, 11) is 0. The zero-order chi connectivity index (χ0) is 16.1. The average Bonchev–Trinajstić information content (AvgIpc) is 3.03. The van der Waals surface area contributed by atoms with Crippen LogP contribution < -0.4 is 5.32 Å². The lowest BCUT2D eigenvalue weighted by molar-refractivity contribution is -0.123. The first kappa shape index (κ1) is 15.6. The van der Waals surface area contributed by atoms with E-state index >= 15 is 0 Å². The molecule has 0 unspecified atom stereocenters. The molecule has 1 amide bonds. The molecule has 0 bridgehead atoms. The van der Waals surface area contributed by atoms with Gasteiger partial charge in [-0.3, -0.25) is 4.79 Å². The monoisotopic (exact) mass is 315 g/mol. The van der Waals surface area contributed by atoms with Crippen molar-refractivity contribution in [2.75, 3.05) is 6.54 Å². The molecule has 1 fully saturated rings. The Hall–Kier alpha value is -2.28. The Morgan fingerprint density at radius 2 is 1.96 bits per heavy atom. The predicted molar refractivity (Wildman–Crippen MR) is 84.3 cm³/mol. The lowest BCUT2D eigenvalue weighted by atomic mass is 9.85. The molecule has 1 aliphatic rings. The van der Waals surface area contributed by atoms with Crippen molar-refractivity contribution in [1.29, 1.82) is 0 Å². The minimum Gasteiger partial charge on any atom is -0.388 e. The first-order valence-corrected chi connectivity index (χ1v) is 7.97. The van der Waals surface area contributed by atoms with Crippen molar-refractivity contribution in [1.82, 2.24) is 25.5 Å². The number of rotatable bonds is 5. The van der Waals surface area contributed by atoms with E-state index in [9.17, 15) is 9.90 Å².